The highest BCUT2D eigenvalue weighted by Crippen LogP contribution is 2.41. The van der Waals surface area contributed by atoms with Crippen LogP contribution in [-0.2, 0) is 4.74 Å². The number of ether oxygens (including phenoxy) is 1. The summed E-state index contributed by atoms with van der Waals surface area (Å²) in [5, 5.41) is 3.28. The third-order valence-electron chi connectivity index (χ3n) is 5.55. The number of nitrogens with zero attached hydrogens (tertiary/aromatic N) is 1. The van der Waals surface area contributed by atoms with E-state index in [1.807, 2.05) is 12.1 Å². The Hall–Kier alpha value is -1.18. The predicted octanol–water partition coefficient (Wildman–Crippen LogP) is 6.93. The number of aryl methyl sites for hydroxylation is 1. The van der Waals surface area contributed by atoms with Gasteiger partial charge < -0.3 is 4.74 Å². The van der Waals surface area contributed by atoms with Crippen molar-refractivity contribution in [1.29, 1.82) is 0 Å². The van der Waals surface area contributed by atoms with Crippen LogP contribution in [0.1, 0.15) is 50.5 Å². The SMILES string of the molecule is Cc1ccc(N=C(C#CS[Si](C)(C)C)OC2CCC3CCCCC3C2)cc1. The lowest BCUT2D eigenvalue weighted by atomic mass is 9.70. The van der Waals surface area contributed by atoms with Crippen molar-refractivity contribution < 1.29 is 4.74 Å². The molecule has 2 aliphatic rings. The first kappa shape index (κ1) is 20.5. The van der Waals surface area contributed by atoms with E-state index < -0.39 is 7.22 Å². The molecule has 0 aliphatic heterocycles. The van der Waals surface area contributed by atoms with Crippen LogP contribution < -0.4 is 0 Å². The summed E-state index contributed by atoms with van der Waals surface area (Å²) in [6, 6.07) is 8.27. The largest absolute Gasteiger partial charge is 0.468 e. The molecule has 3 rings (SSSR count). The maximum atomic E-state index is 6.37. The van der Waals surface area contributed by atoms with E-state index in [9.17, 15) is 0 Å². The van der Waals surface area contributed by atoms with E-state index in [2.05, 4.69) is 49.9 Å². The van der Waals surface area contributed by atoms with E-state index in [1.165, 1.54) is 44.1 Å². The van der Waals surface area contributed by atoms with Gasteiger partial charge in [-0.3, -0.25) is 0 Å². The van der Waals surface area contributed by atoms with Gasteiger partial charge in [-0.25, -0.2) is 4.99 Å². The number of fused-ring (bicyclic) bond motifs is 1. The zero-order chi connectivity index (χ0) is 19.3. The molecular weight excluding hydrogens is 366 g/mol. The van der Waals surface area contributed by atoms with E-state index in [1.54, 1.807) is 11.2 Å². The van der Waals surface area contributed by atoms with Gasteiger partial charge in [-0.15, -0.1) is 11.2 Å². The van der Waals surface area contributed by atoms with E-state index in [4.69, 9.17) is 9.73 Å². The van der Waals surface area contributed by atoms with Gasteiger partial charge in [0.1, 0.15) is 13.3 Å². The molecule has 4 heteroatoms. The highest BCUT2D eigenvalue weighted by Gasteiger charge is 2.33. The van der Waals surface area contributed by atoms with Crippen molar-refractivity contribution >= 4 is 30.0 Å². The summed E-state index contributed by atoms with van der Waals surface area (Å²) < 4.78 is 6.37. The van der Waals surface area contributed by atoms with Crippen molar-refractivity contribution in [2.24, 2.45) is 16.8 Å². The zero-order valence-corrected chi connectivity index (χ0v) is 19.1. The third-order valence-corrected chi connectivity index (χ3v) is 8.51. The van der Waals surface area contributed by atoms with E-state index in [0.29, 0.717) is 5.90 Å². The average Bonchev–Trinajstić information content (AvgIpc) is 2.62. The average molecular weight is 400 g/mol. The Bertz CT molecular complexity index is 711. The monoisotopic (exact) mass is 399 g/mol. The molecule has 3 atom stereocenters. The summed E-state index contributed by atoms with van der Waals surface area (Å²) in [4.78, 5) is 4.74. The van der Waals surface area contributed by atoms with E-state index >= 15 is 0 Å². The van der Waals surface area contributed by atoms with Gasteiger partial charge >= 0.3 is 0 Å². The van der Waals surface area contributed by atoms with Crippen LogP contribution in [0.5, 0.6) is 0 Å². The Morgan fingerprint density at radius 2 is 1.74 bits per heavy atom. The third kappa shape index (κ3) is 6.73. The van der Waals surface area contributed by atoms with Gasteiger partial charge in [-0.05, 0) is 55.4 Å². The summed E-state index contributed by atoms with van der Waals surface area (Å²) in [5.74, 6) is 5.62. The Labute approximate surface area is 170 Å². The molecule has 0 aromatic heterocycles. The number of aliphatic imine (C=N–C) groups is 1. The number of benzene rings is 1. The van der Waals surface area contributed by atoms with Crippen LogP contribution in [0, 0.1) is 29.9 Å². The van der Waals surface area contributed by atoms with Crippen LogP contribution in [0.25, 0.3) is 0 Å². The van der Waals surface area contributed by atoms with Gasteiger partial charge in [-0.1, -0.05) is 63.0 Å². The molecule has 27 heavy (non-hydrogen) atoms. The van der Waals surface area contributed by atoms with Crippen molar-refractivity contribution in [3.63, 3.8) is 0 Å². The van der Waals surface area contributed by atoms with Crippen LogP contribution in [0.2, 0.25) is 19.6 Å². The zero-order valence-electron chi connectivity index (χ0n) is 17.3. The quantitative estimate of drug-likeness (QED) is 0.238. The van der Waals surface area contributed by atoms with Crippen LogP contribution in [0.15, 0.2) is 29.3 Å². The lowest BCUT2D eigenvalue weighted by Gasteiger charge is -2.38. The first-order valence-corrected chi connectivity index (χ1v) is 15.4. The van der Waals surface area contributed by atoms with Crippen LogP contribution >= 0.6 is 11.2 Å². The Morgan fingerprint density at radius 3 is 2.44 bits per heavy atom. The smallest absolute Gasteiger partial charge is 0.269 e. The van der Waals surface area contributed by atoms with Gasteiger partial charge in [0, 0.05) is 5.92 Å². The first-order chi connectivity index (χ1) is 12.9. The van der Waals surface area contributed by atoms with E-state index in [0.717, 1.165) is 23.9 Å². The molecule has 0 N–H and O–H groups in total. The second kappa shape index (κ2) is 9.34. The van der Waals surface area contributed by atoms with Gasteiger partial charge in [0.05, 0.1) is 5.69 Å². The summed E-state index contributed by atoms with van der Waals surface area (Å²) in [6.45, 7) is 9.04. The Balaban J connectivity index is 1.72. The van der Waals surface area contributed by atoms with Gasteiger partial charge in [-0.2, -0.15) is 0 Å². The minimum atomic E-state index is -1.27. The van der Waals surface area contributed by atoms with Crippen molar-refractivity contribution in [3.8, 4) is 11.2 Å². The van der Waals surface area contributed by atoms with Gasteiger partial charge in [0.25, 0.3) is 5.90 Å². The Kier molecular flexibility index (Phi) is 7.11. The molecule has 146 valence electrons. The number of hydrogen-bond acceptors (Lipinski definition) is 3. The summed E-state index contributed by atoms with van der Waals surface area (Å²) in [7, 11) is -1.27. The number of hydrogen-bond donors (Lipinski definition) is 0. The summed E-state index contributed by atoms with van der Waals surface area (Å²) in [6.07, 6.45) is 9.54. The molecule has 0 saturated heterocycles. The molecule has 2 aliphatic carbocycles. The standard InChI is InChI=1S/C23H33NOSSi/c1-18-9-12-21(13-10-18)24-23(15-16-26-27(2,3)4)25-22-14-11-19-7-5-6-8-20(19)17-22/h9-10,12-13,19-20,22H,5-8,11,14,17H2,1-4H3. The highest BCUT2D eigenvalue weighted by atomic mass is 32.4. The molecule has 3 unspecified atom stereocenters. The van der Waals surface area contributed by atoms with Gasteiger partial charge in [0.15, 0.2) is 0 Å². The molecular formula is C23H33NOSSi. The fourth-order valence-corrected chi connectivity index (χ4v) is 5.65. The summed E-state index contributed by atoms with van der Waals surface area (Å²) in [5.41, 5.74) is 2.17. The van der Waals surface area contributed by atoms with Crippen molar-refractivity contribution in [2.75, 3.05) is 0 Å². The highest BCUT2D eigenvalue weighted by molar-refractivity contribution is 8.32. The van der Waals surface area contributed by atoms with Crippen molar-refractivity contribution in [1.82, 2.24) is 0 Å². The molecule has 2 saturated carbocycles. The van der Waals surface area contributed by atoms with Crippen molar-refractivity contribution in [2.45, 2.75) is 77.6 Å². The molecule has 1 aromatic carbocycles. The van der Waals surface area contributed by atoms with Crippen molar-refractivity contribution in [3.05, 3.63) is 29.8 Å². The summed E-state index contributed by atoms with van der Waals surface area (Å²) >= 11 is 1.77. The van der Waals surface area contributed by atoms with Crippen LogP contribution in [-0.4, -0.2) is 19.2 Å². The second-order valence-electron chi connectivity index (χ2n) is 9.05. The van der Waals surface area contributed by atoms with Crippen LogP contribution in [0.3, 0.4) is 0 Å². The maximum absolute atomic E-state index is 6.37. The van der Waals surface area contributed by atoms with E-state index in [-0.39, 0.29) is 6.10 Å². The normalized spacial score (nSPS) is 25.9. The second-order valence-corrected chi connectivity index (χ2v) is 18.0. The van der Waals surface area contributed by atoms with Gasteiger partial charge in [0.2, 0.25) is 0 Å². The minimum Gasteiger partial charge on any atom is -0.468 e. The number of rotatable bonds is 3. The fraction of sp³-hybridized carbons (Fsp3) is 0.609. The minimum absolute atomic E-state index is 0.278. The van der Waals surface area contributed by atoms with Crippen LogP contribution in [0.4, 0.5) is 5.69 Å². The predicted molar refractivity (Wildman–Crippen MR) is 121 cm³/mol. The molecule has 0 bridgehead atoms. The molecule has 1 aromatic rings. The molecule has 0 amide bonds. The first-order valence-electron chi connectivity index (χ1n) is 10.4. The molecule has 0 radical (unpaired) electrons. The maximum Gasteiger partial charge on any atom is 0.269 e. The lowest BCUT2D eigenvalue weighted by Crippen LogP contribution is -2.32. The Morgan fingerprint density at radius 1 is 1.04 bits per heavy atom. The fourth-order valence-electron chi connectivity index (χ4n) is 4.14. The molecule has 0 spiro atoms. The molecule has 0 heterocycles. The topological polar surface area (TPSA) is 21.6 Å². The molecule has 2 nitrogen and oxygen atoms in total. The molecule has 2 fully saturated rings. The lowest BCUT2D eigenvalue weighted by molar-refractivity contribution is 0.0588.